The van der Waals surface area contributed by atoms with Crippen LogP contribution in [0.2, 0.25) is 0 Å². The normalized spacial score (nSPS) is 14.0. The molecule has 0 aliphatic rings. The molecular formula is C41H79O10P. The minimum absolute atomic E-state index is 0.183. The number of hydrogen-bond donors (Lipinski definition) is 3. The van der Waals surface area contributed by atoms with Gasteiger partial charge in [-0.3, -0.25) is 18.6 Å². The maximum atomic E-state index is 12.6. The van der Waals surface area contributed by atoms with E-state index in [2.05, 4.69) is 30.5 Å². The number of ether oxygens (including phenoxy) is 2. The second kappa shape index (κ2) is 38.0. The van der Waals surface area contributed by atoms with Gasteiger partial charge in [-0.2, -0.15) is 0 Å². The summed E-state index contributed by atoms with van der Waals surface area (Å²) in [6.07, 6.45) is 34.6. The highest BCUT2D eigenvalue weighted by molar-refractivity contribution is 7.47. The number of hydrogen-bond acceptors (Lipinski definition) is 9. The van der Waals surface area contributed by atoms with Crippen LogP contribution in [0.25, 0.3) is 0 Å². The van der Waals surface area contributed by atoms with Crippen molar-refractivity contribution < 1.29 is 47.8 Å². The third kappa shape index (κ3) is 37.0. The fourth-order valence-electron chi connectivity index (χ4n) is 5.87. The first-order valence-corrected chi connectivity index (χ1v) is 22.6. The number of aliphatic hydroxyl groups excluding tert-OH is 2. The van der Waals surface area contributed by atoms with Gasteiger partial charge in [0.15, 0.2) is 6.10 Å². The lowest BCUT2D eigenvalue weighted by molar-refractivity contribution is -0.161. The van der Waals surface area contributed by atoms with E-state index in [9.17, 15) is 24.2 Å². The predicted molar refractivity (Wildman–Crippen MR) is 210 cm³/mol. The van der Waals surface area contributed by atoms with Gasteiger partial charge in [0.25, 0.3) is 0 Å². The van der Waals surface area contributed by atoms with Crippen LogP contribution in [0, 0.1) is 0 Å². The number of esters is 2. The lowest BCUT2D eigenvalue weighted by Crippen LogP contribution is -2.29. The molecule has 0 saturated carbocycles. The Kier molecular flexibility index (Phi) is 37.1. The van der Waals surface area contributed by atoms with E-state index in [0.29, 0.717) is 12.8 Å². The Morgan fingerprint density at radius 3 is 1.38 bits per heavy atom. The SMILES string of the molecule is CCCCCCCC/C=C\CCCCCCCCCC(=O)OC(COC(=O)CCCCCCCCCCCCCC)COP(=O)(O)OCC(O)CO. The molecule has 0 aliphatic carbocycles. The molecule has 0 rings (SSSR count). The molecule has 11 heteroatoms. The highest BCUT2D eigenvalue weighted by Crippen LogP contribution is 2.43. The average Bonchev–Trinajstić information content (AvgIpc) is 3.13. The standard InChI is InChI=1S/C41H79O10P/c1-3-5-7-9-11-13-15-17-18-19-20-21-23-25-27-29-31-33-41(45)51-39(37-50-52(46,47)49-35-38(43)34-42)36-48-40(44)32-30-28-26-24-22-16-14-12-10-8-6-4-2/h17-18,38-39,42-43H,3-16,19-37H2,1-2H3,(H,46,47)/b18-17-. The molecule has 0 heterocycles. The molecule has 0 aromatic carbocycles. The van der Waals surface area contributed by atoms with E-state index in [1.54, 1.807) is 0 Å². The number of phosphoric ester groups is 1. The number of rotatable bonds is 40. The number of unbranched alkanes of at least 4 members (excludes halogenated alkanes) is 24. The van der Waals surface area contributed by atoms with E-state index in [1.807, 2.05) is 0 Å². The zero-order valence-corrected chi connectivity index (χ0v) is 34.2. The molecule has 0 spiro atoms. The van der Waals surface area contributed by atoms with Gasteiger partial charge in [-0.05, 0) is 38.5 Å². The first-order chi connectivity index (χ1) is 25.2. The molecule has 3 unspecified atom stereocenters. The summed E-state index contributed by atoms with van der Waals surface area (Å²) in [6, 6.07) is 0. The zero-order valence-electron chi connectivity index (χ0n) is 33.3. The summed E-state index contributed by atoms with van der Waals surface area (Å²) in [5, 5.41) is 18.3. The van der Waals surface area contributed by atoms with Crippen LogP contribution >= 0.6 is 7.82 Å². The van der Waals surface area contributed by atoms with Crippen LogP contribution in [-0.4, -0.2) is 65.7 Å². The maximum Gasteiger partial charge on any atom is 0.472 e. The van der Waals surface area contributed by atoms with Crippen LogP contribution in [0.4, 0.5) is 0 Å². The number of carbonyl (C=O) groups is 2. The van der Waals surface area contributed by atoms with Gasteiger partial charge in [0.05, 0.1) is 19.8 Å². The molecule has 3 N–H and O–H groups in total. The number of phosphoric acid groups is 1. The van der Waals surface area contributed by atoms with E-state index >= 15 is 0 Å². The molecule has 52 heavy (non-hydrogen) atoms. The van der Waals surface area contributed by atoms with Gasteiger partial charge in [0, 0.05) is 12.8 Å². The Morgan fingerprint density at radius 1 is 0.558 bits per heavy atom. The van der Waals surface area contributed by atoms with Gasteiger partial charge in [0.1, 0.15) is 12.7 Å². The van der Waals surface area contributed by atoms with Crippen molar-refractivity contribution in [1.29, 1.82) is 0 Å². The molecule has 3 atom stereocenters. The number of aliphatic hydroxyl groups is 2. The van der Waals surface area contributed by atoms with Gasteiger partial charge in [-0.15, -0.1) is 0 Å². The summed E-state index contributed by atoms with van der Waals surface area (Å²) in [5.41, 5.74) is 0. The summed E-state index contributed by atoms with van der Waals surface area (Å²) < 4.78 is 32.7. The van der Waals surface area contributed by atoms with Crippen molar-refractivity contribution in [3.63, 3.8) is 0 Å². The van der Waals surface area contributed by atoms with Crippen molar-refractivity contribution in [3.05, 3.63) is 12.2 Å². The van der Waals surface area contributed by atoms with Crippen molar-refractivity contribution in [2.24, 2.45) is 0 Å². The van der Waals surface area contributed by atoms with Gasteiger partial charge in [-0.25, -0.2) is 4.57 Å². The first-order valence-electron chi connectivity index (χ1n) is 21.1. The highest BCUT2D eigenvalue weighted by Gasteiger charge is 2.27. The van der Waals surface area contributed by atoms with Crippen LogP contribution < -0.4 is 0 Å². The third-order valence-electron chi connectivity index (χ3n) is 9.17. The number of carbonyl (C=O) groups excluding carboxylic acids is 2. The summed E-state index contributed by atoms with van der Waals surface area (Å²) in [7, 11) is -4.61. The first kappa shape index (κ1) is 50.7. The Morgan fingerprint density at radius 2 is 0.942 bits per heavy atom. The molecular weight excluding hydrogens is 683 g/mol. The maximum absolute atomic E-state index is 12.6. The molecule has 0 radical (unpaired) electrons. The largest absolute Gasteiger partial charge is 0.472 e. The van der Waals surface area contributed by atoms with Crippen molar-refractivity contribution in [2.45, 2.75) is 212 Å². The lowest BCUT2D eigenvalue weighted by Gasteiger charge is -2.20. The molecule has 0 bridgehead atoms. The van der Waals surface area contributed by atoms with E-state index in [0.717, 1.165) is 44.9 Å². The summed E-state index contributed by atoms with van der Waals surface area (Å²) >= 11 is 0. The monoisotopic (exact) mass is 763 g/mol. The number of allylic oxidation sites excluding steroid dienone is 2. The van der Waals surface area contributed by atoms with Crippen molar-refractivity contribution in [1.82, 2.24) is 0 Å². The van der Waals surface area contributed by atoms with Crippen molar-refractivity contribution in [3.8, 4) is 0 Å². The molecule has 0 amide bonds. The Bertz CT molecular complexity index is 884. The van der Waals surface area contributed by atoms with Crippen LogP contribution in [0.3, 0.4) is 0 Å². The van der Waals surface area contributed by atoms with E-state index in [-0.39, 0.29) is 19.4 Å². The summed E-state index contributed by atoms with van der Waals surface area (Å²) in [4.78, 5) is 34.9. The predicted octanol–water partition coefficient (Wildman–Crippen LogP) is 10.8. The van der Waals surface area contributed by atoms with E-state index < -0.39 is 51.8 Å². The average molecular weight is 763 g/mol. The minimum atomic E-state index is -4.61. The van der Waals surface area contributed by atoms with E-state index in [1.165, 1.54) is 116 Å². The Balaban J connectivity index is 4.28. The summed E-state index contributed by atoms with van der Waals surface area (Å²) in [5.74, 6) is -0.922. The molecule has 0 fully saturated rings. The second-order valence-electron chi connectivity index (χ2n) is 14.4. The van der Waals surface area contributed by atoms with Crippen molar-refractivity contribution >= 4 is 19.8 Å². The topological polar surface area (TPSA) is 149 Å². The Labute approximate surface area is 317 Å². The molecule has 0 aliphatic heterocycles. The van der Waals surface area contributed by atoms with Crippen LogP contribution in [0.15, 0.2) is 12.2 Å². The molecule has 308 valence electrons. The van der Waals surface area contributed by atoms with Crippen LogP contribution in [0.5, 0.6) is 0 Å². The molecule has 10 nitrogen and oxygen atoms in total. The fraction of sp³-hybridized carbons (Fsp3) is 0.902. The van der Waals surface area contributed by atoms with Crippen LogP contribution in [0.1, 0.15) is 200 Å². The quantitative estimate of drug-likeness (QED) is 0.0238. The van der Waals surface area contributed by atoms with Gasteiger partial charge < -0.3 is 24.6 Å². The second-order valence-corrected chi connectivity index (χ2v) is 15.8. The van der Waals surface area contributed by atoms with Crippen molar-refractivity contribution in [2.75, 3.05) is 26.4 Å². The molecule has 0 aromatic heterocycles. The van der Waals surface area contributed by atoms with Crippen LogP contribution in [-0.2, 0) is 32.7 Å². The Hall–Kier alpha value is -1.29. The zero-order chi connectivity index (χ0) is 38.4. The van der Waals surface area contributed by atoms with E-state index in [4.69, 9.17) is 19.1 Å². The van der Waals surface area contributed by atoms with Gasteiger partial charge in [0.2, 0.25) is 0 Å². The molecule has 0 saturated heterocycles. The summed E-state index contributed by atoms with van der Waals surface area (Å²) in [6.45, 7) is 2.38. The lowest BCUT2D eigenvalue weighted by atomic mass is 10.0. The smallest absolute Gasteiger partial charge is 0.462 e. The molecule has 0 aromatic rings. The van der Waals surface area contributed by atoms with Gasteiger partial charge in [-0.1, -0.05) is 161 Å². The third-order valence-corrected chi connectivity index (χ3v) is 10.1. The minimum Gasteiger partial charge on any atom is -0.462 e. The fourth-order valence-corrected chi connectivity index (χ4v) is 6.66. The van der Waals surface area contributed by atoms with Gasteiger partial charge >= 0.3 is 19.8 Å². The highest BCUT2D eigenvalue weighted by atomic mass is 31.2.